The Morgan fingerprint density at radius 1 is 1.53 bits per heavy atom. The molecule has 1 aromatic rings. The highest BCUT2D eigenvalue weighted by atomic mass is 79.9. The molecule has 0 saturated carbocycles. The Balaban J connectivity index is 3.06. The lowest BCUT2D eigenvalue weighted by Gasteiger charge is -2.22. The van der Waals surface area contributed by atoms with Gasteiger partial charge < -0.3 is 10.8 Å². The van der Waals surface area contributed by atoms with Crippen molar-refractivity contribution in [2.75, 3.05) is 6.61 Å². The monoisotopic (exact) mass is 299 g/mol. The molecule has 1 atom stereocenters. The van der Waals surface area contributed by atoms with Gasteiger partial charge in [0.1, 0.15) is 6.61 Å². The van der Waals surface area contributed by atoms with Gasteiger partial charge in [-0.1, -0.05) is 33.6 Å². The summed E-state index contributed by atoms with van der Waals surface area (Å²) < 4.78 is 26.6. The maximum absolute atomic E-state index is 13.1. The number of aliphatic hydroxyl groups excluding tert-OH is 1. The maximum Gasteiger partial charge on any atom is 0.289 e. The van der Waals surface area contributed by atoms with Crippen molar-refractivity contribution < 1.29 is 13.9 Å². The highest BCUT2D eigenvalue weighted by Gasteiger charge is 2.38. The highest BCUT2D eigenvalue weighted by molar-refractivity contribution is 9.10. The van der Waals surface area contributed by atoms with Gasteiger partial charge in [0.2, 0.25) is 0 Å². The molecule has 1 aromatic carbocycles. The molecule has 1 rings (SSSR count). The van der Waals surface area contributed by atoms with Crippen LogP contribution in [0.3, 0.4) is 0 Å². The lowest BCUT2D eigenvalue weighted by atomic mass is 10.0. The maximum atomic E-state index is 13.1. The molecule has 0 fully saturated rings. The minimum absolute atomic E-state index is 0.207. The number of hydrogen-bond acceptors (Lipinski definition) is 2. The molecule has 0 bridgehead atoms. The minimum Gasteiger partial charge on any atom is -0.390 e. The highest BCUT2D eigenvalue weighted by Crippen LogP contribution is 2.34. The van der Waals surface area contributed by atoms with Gasteiger partial charge in [-0.25, -0.2) is 8.78 Å². The van der Waals surface area contributed by atoms with E-state index in [0.717, 1.165) is 0 Å². The van der Waals surface area contributed by atoms with Crippen molar-refractivity contribution in [1.82, 2.24) is 0 Å². The summed E-state index contributed by atoms with van der Waals surface area (Å²) >= 11 is 8.75. The summed E-state index contributed by atoms with van der Waals surface area (Å²) in [6.45, 7) is -1.29. The second-order valence-electron chi connectivity index (χ2n) is 3.06. The van der Waals surface area contributed by atoms with Crippen molar-refractivity contribution >= 4 is 27.5 Å². The molecule has 2 nitrogen and oxygen atoms in total. The molecule has 84 valence electrons. The molecule has 15 heavy (non-hydrogen) atoms. The number of hydrogen-bond donors (Lipinski definition) is 2. The smallest absolute Gasteiger partial charge is 0.289 e. The van der Waals surface area contributed by atoms with Crippen LogP contribution in [0, 0.1) is 0 Å². The van der Waals surface area contributed by atoms with Crippen LogP contribution in [-0.2, 0) is 0 Å². The van der Waals surface area contributed by atoms with Gasteiger partial charge in [0.15, 0.2) is 0 Å². The predicted molar refractivity (Wildman–Crippen MR) is 58.1 cm³/mol. The number of alkyl halides is 2. The Kier molecular flexibility index (Phi) is 4.06. The van der Waals surface area contributed by atoms with Gasteiger partial charge in [0, 0.05) is 9.50 Å². The van der Waals surface area contributed by atoms with Crippen molar-refractivity contribution in [3.05, 3.63) is 33.3 Å². The Bertz CT molecular complexity index is 362. The van der Waals surface area contributed by atoms with Crippen LogP contribution in [0.5, 0.6) is 0 Å². The van der Waals surface area contributed by atoms with Crippen LogP contribution in [0.25, 0.3) is 0 Å². The first-order valence-electron chi connectivity index (χ1n) is 4.07. The summed E-state index contributed by atoms with van der Waals surface area (Å²) in [5, 5.41) is 8.92. The van der Waals surface area contributed by atoms with E-state index in [2.05, 4.69) is 15.9 Å². The average Bonchev–Trinajstić information content (AvgIpc) is 2.17. The quantitative estimate of drug-likeness (QED) is 0.901. The van der Waals surface area contributed by atoms with E-state index >= 15 is 0 Å². The van der Waals surface area contributed by atoms with E-state index in [0.29, 0.717) is 9.50 Å². The van der Waals surface area contributed by atoms with Crippen molar-refractivity contribution in [2.24, 2.45) is 5.73 Å². The van der Waals surface area contributed by atoms with Gasteiger partial charge in [-0.15, -0.1) is 0 Å². The van der Waals surface area contributed by atoms with E-state index in [-0.39, 0.29) is 5.56 Å². The second-order valence-corrected chi connectivity index (χ2v) is 4.35. The fourth-order valence-corrected chi connectivity index (χ4v) is 2.01. The molecular weight excluding hydrogens is 291 g/mol. The zero-order valence-corrected chi connectivity index (χ0v) is 9.89. The van der Waals surface area contributed by atoms with Crippen molar-refractivity contribution in [2.45, 2.75) is 12.0 Å². The largest absolute Gasteiger partial charge is 0.390 e. The van der Waals surface area contributed by atoms with E-state index in [1.807, 2.05) is 0 Å². The lowest BCUT2D eigenvalue weighted by Crippen LogP contribution is -2.36. The van der Waals surface area contributed by atoms with E-state index in [1.165, 1.54) is 18.2 Å². The van der Waals surface area contributed by atoms with E-state index < -0.39 is 18.6 Å². The van der Waals surface area contributed by atoms with Gasteiger partial charge >= 0.3 is 0 Å². The second kappa shape index (κ2) is 4.74. The number of aliphatic hydroxyl groups is 1. The van der Waals surface area contributed by atoms with Crippen molar-refractivity contribution in [3.63, 3.8) is 0 Å². The van der Waals surface area contributed by atoms with Crippen molar-refractivity contribution in [3.8, 4) is 0 Å². The van der Waals surface area contributed by atoms with Gasteiger partial charge in [0.05, 0.1) is 6.04 Å². The van der Waals surface area contributed by atoms with E-state index in [9.17, 15) is 8.78 Å². The van der Waals surface area contributed by atoms with Crippen LogP contribution in [0.15, 0.2) is 22.7 Å². The summed E-state index contributed by atoms with van der Waals surface area (Å²) in [6.07, 6.45) is 0. The third kappa shape index (κ3) is 2.87. The van der Waals surface area contributed by atoms with E-state index in [4.69, 9.17) is 22.4 Å². The van der Waals surface area contributed by atoms with Crippen LogP contribution in [0.4, 0.5) is 8.78 Å². The zero-order chi connectivity index (χ0) is 11.6. The molecule has 0 amide bonds. The molecule has 0 heterocycles. The average molecular weight is 301 g/mol. The Hall–Kier alpha value is -0.230. The third-order valence-electron chi connectivity index (χ3n) is 1.96. The molecule has 0 aliphatic rings. The van der Waals surface area contributed by atoms with Crippen LogP contribution < -0.4 is 5.73 Å². The topological polar surface area (TPSA) is 46.2 Å². The Labute approximate surface area is 99.2 Å². The number of nitrogens with two attached hydrogens (primary N) is 1. The van der Waals surface area contributed by atoms with Crippen LogP contribution in [0.2, 0.25) is 5.02 Å². The summed E-state index contributed by atoms with van der Waals surface area (Å²) in [7, 11) is 0. The van der Waals surface area contributed by atoms with Gasteiger partial charge in [-0.3, -0.25) is 0 Å². The standard InChI is InChI=1S/C9H9BrClF2NO/c10-7-3-5(11)1-2-6(7)8(14)9(12,13)4-15/h1-3,8,15H,4,14H2/t8-/m0/s1. The molecular formula is C9H9BrClF2NO. The fraction of sp³-hybridized carbons (Fsp3) is 0.333. The molecule has 3 N–H and O–H groups in total. The molecule has 0 aromatic heterocycles. The fourth-order valence-electron chi connectivity index (χ4n) is 1.08. The summed E-state index contributed by atoms with van der Waals surface area (Å²) in [6, 6.07) is 2.79. The van der Waals surface area contributed by atoms with Crippen molar-refractivity contribution in [1.29, 1.82) is 0 Å². The SMILES string of the molecule is N[C@@H](c1ccc(Cl)cc1Br)C(F)(F)CO. The van der Waals surface area contributed by atoms with Gasteiger partial charge in [0.25, 0.3) is 5.92 Å². The number of rotatable bonds is 3. The summed E-state index contributed by atoms with van der Waals surface area (Å²) in [5.74, 6) is -3.35. The minimum atomic E-state index is -3.35. The molecule has 0 aliphatic heterocycles. The first-order chi connectivity index (χ1) is 6.88. The number of benzene rings is 1. The molecule has 0 radical (unpaired) electrons. The van der Waals surface area contributed by atoms with Crippen LogP contribution in [-0.4, -0.2) is 17.6 Å². The molecule has 0 aliphatic carbocycles. The summed E-state index contributed by atoms with van der Waals surface area (Å²) in [4.78, 5) is 0. The Morgan fingerprint density at radius 3 is 2.60 bits per heavy atom. The number of halogens is 4. The van der Waals surface area contributed by atoms with E-state index in [1.54, 1.807) is 0 Å². The van der Waals surface area contributed by atoms with Gasteiger partial charge in [-0.05, 0) is 17.7 Å². The summed E-state index contributed by atoms with van der Waals surface area (Å²) in [5.41, 5.74) is 5.56. The molecule has 6 heteroatoms. The zero-order valence-electron chi connectivity index (χ0n) is 7.55. The first kappa shape index (κ1) is 12.8. The van der Waals surface area contributed by atoms with Crippen LogP contribution >= 0.6 is 27.5 Å². The first-order valence-corrected chi connectivity index (χ1v) is 5.25. The Morgan fingerprint density at radius 2 is 2.13 bits per heavy atom. The molecule has 0 spiro atoms. The molecule has 0 saturated heterocycles. The third-order valence-corrected chi connectivity index (χ3v) is 2.89. The van der Waals surface area contributed by atoms with Crippen LogP contribution in [0.1, 0.15) is 11.6 Å². The normalized spacial score (nSPS) is 14.0. The molecule has 0 unspecified atom stereocenters. The predicted octanol–water partition coefficient (Wildman–Crippen LogP) is 2.73. The lowest BCUT2D eigenvalue weighted by molar-refractivity contribution is -0.0713. The van der Waals surface area contributed by atoms with Gasteiger partial charge in [-0.2, -0.15) is 0 Å².